The van der Waals surface area contributed by atoms with Crippen molar-refractivity contribution in [1.29, 1.82) is 0 Å². The van der Waals surface area contributed by atoms with Gasteiger partial charge in [-0.2, -0.15) is 5.10 Å². The number of benzene rings is 3. The molecule has 234 valence electrons. The molecule has 0 aliphatic heterocycles. The number of para-hydroxylation sites is 1. The number of nitrogen functional groups attached to an aromatic ring is 1. The van der Waals surface area contributed by atoms with Crippen LogP contribution in [0.15, 0.2) is 78.0 Å². The molecule has 0 radical (unpaired) electrons. The van der Waals surface area contributed by atoms with Gasteiger partial charge in [-0.15, -0.1) is 0 Å². The Morgan fingerprint density at radius 3 is 2.35 bits per heavy atom. The summed E-state index contributed by atoms with van der Waals surface area (Å²) in [5, 5.41) is 4.77. The summed E-state index contributed by atoms with van der Waals surface area (Å²) < 4.78 is 90.3. The number of ketones is 1. The van der Waals surface area contributed by atoms with Crippen LogP contribution in [0.4, 0.5) is 29.1 Å². The summed E-state index contributed by atoms with van der Waals surface area (Å²) in [5.41, 5.74) is 8.19. The molecular weight excluding hydrogens is 628 g/mol. The van der Waals surface area contributed by atoms with Crippen LogP contribution in [0.25, 0.3) is 16.6 Å². The molecule has 6 aromatic rings. The number of hydrogen-bond donors (Lipinski definition) is 3. The van der Waals surface area contributed by atoms with Crippen LogP contribution in [-0.2, 0) is 10.0 Å². The smallest absolute Gasteiger partial charge is 0.267 e. The monoisotopic (exact) mass is 650 g/mol. The fourth-order valence-electron chi connectivity index (χ4n) is 4.82. The van der Waals surface area contributed by atoms with Crippen molar-refractivity contribution in [2.45, 2.75) is 18.7 Å². The van der Waals surface area contributed by atoms with Crippen LogP contribution < -0.4 is 15.2 Å². The first kappa shape index (κ1) is 30.3. The van der Waals surface area contributed by atoms with E-state index in [0.717, 1.165) is 0 Å². The van der Waals surface area contributed by atoms with Crippen molar-refractivity contribution >= 4 is 38.2 Å². The van der Waals surface area contributed by atoms with Gasteiger partial charge in [-0.3, -0.25) is 9.52 Å². The van der Waals surface area contributed by atoms with E-state index in [1.165, 1.54) is 47.4 Å². The zero-order valence-corrected chi connectivity index (χ0v) is 24.7. The number of nitrogens with zero attached hydrogens (tertiary/aromatic N) is 3. The summed E-state index contributed by atoms with van der Waals surface area (Å²) in [6.07, 6.45) is 2.70. The number of nitrogens with one attached hydrogen (secondary N) is 2. The van der Waals surface area contributed by atoms with E-state index in [0.29, 0.717) is 27.7 Å². The van der Waals surface area contributed by atoms with Gasteiger partial charge in [0.1, 0.15) is 23.3 Å². The molecule has 0 aliphatic carbocycles. The van der Waals surface area contributed by atoms with Crippen molar-refractivity contribution in [3.05, 3.63) is 119 Å². The summed E-state index contributed by atoms with van der Waals surface area (Å²) >= 11 is 0. The number of carbonyl (C=O) groups excluding carboxylic acids is 1. The van der Waals surface area contributed by atoms with Gasteiger partial charge in [-0.1, -0.05) is 12.1 Å². The maximum Gasteiger partial charge on any atom is 0.267 e. The number of H-pyrrole nitrogens is 1. The second-order valence-corrected chi connectivity index (χ2v) is 11.9. The number of nitrogens with two attached hydrogens (primary N) is 1. The minimum absolute atomic E-state index is 0.00219. The van der Waals surface area contributed by atoms with Crippen LogP contribution in [0.3, 0.4) is 0 Å². The van der Waals surface area contributed by atoms with Crippen molar-refractivity contribution in [3.63, 3.8) is 0 Å². The van der Waals surface area contributed by atoms with Crippen molar-refractivity contribution in [3.8, 4) is 17.3 Å². The summed E-state index contributed by atoms with van der Waals surface area (Å²) in [6.45, 7) is 3.28. The summed E-state index contributed by atoms with van der Waals surface area (Å²) in [7, 11) is -4.79. The molecule has 3 heterocycles. The van der Waals surface area contributed by atoms with Crippen molar-refractivity contribution < 1.29 is 35.5 Å². The van der Waals surface area contributed by atoms with Gasteiger partial charge >= 0.3 is 0 Å². The van der Waals surface area contributed by atoms with Crippen molar-refractivity contribution in [2.24, 2.45) is 0 Å². The number of carbonyl (C=O) groups is 1. The SMILES string of the molecule is Cc1cc2cc(C(=O)c3cnn(-c4cnc(Oc5ccccc5F)cc4C)c3N)[nH]c2cc1NS(=O)(=O)c1c(F)cc(F)cc1F. The van der Waals surface area contributed by atoms with Gasteiger partial charge in [0, 0.05) is 29.1 Å². The highest BCUT2D eigenvalue weighted by atomic mass is 32.2. The average Bonchev–Trinajstić information content (AvgIpc) is 3.56. The Hall–Kier alpha value is -5.70. The third-order valence-electron chi connectivity index (χ3n) is 7.07. The highest BCUT2D eigenvalue weighted by Crippen LogP contribution is 2.31. The zero-order chi connectivity index (χ0) is 32.9. The number of sulfonamides is 1. The Morgan fingerprint density at radius 2 is 1.65 bits per heavy atom. The largest absolute Gasteiger partial charge is 0.436 e. The van der Waals surface area contributed by atoms with Gasteiger partial charge in [-0.05, 0) is 55.3 Å². The molecule has 0 amide bonds. The van der Waals surface area contributed by atoms with Crippen LogP contribution in [0.2, 0.25) is 0 Å². The van der Waals surface area contributed by atoms with Crippen molar-refractivity contribution in [1.82, 2.24) is 19.7 Å². The molecule has 46 heavy (non-hydrogen) atoms. The van der Waals surface area contributed by atoms with E-state index in [4.69, 9.17) is 10.5 Å². The minimum Gasteiger partial charge on any atom is -0.436 e. The third kappa shape index (κ3) is 5.51. The first-order chi connectivity index (χ1) is 21.8. The number of aryl methyl sites for hydroxylation is 2. The maximum absolute atomic E-state index is 14.2. The second-order valence-electron chi connectivity index (χ2n) is 10.3. The molecule has 0 saturated carbocycles. The molecule has 0 unspecified atom stereocenters. The Bertz CT molecular complexity index is 2280. The van der Waals surface area contributed by atoms with Crippen LogP contribution in [-0.4, -0.2) is 33.9 Å². The molecule has 10 nitrogen and oxygen atoms in total. The molecule has 15 heteroatoms. The third-order valence-corrected chi connectivity index (χ3v) is 8.49. The van der Waals surface area contributed by atoms with Gasteiger partial charge in [-0.25, -0.2) is 35.6 Å². The lowest BCUT2D eigenvalue weighted by atomic mass is 10.1. The molecular formula is C31H22F4N6O4S. The minimum atomic E-state index is -4.79. The van der Waals surface area contributed by atoms with Crippen LogP contribution in [0, 0.1) is 37.1 Å². The number of aromatic amines is 1. The number of pyridine rings is 1. The first-order valence-electron chi connectivity index (χ1n) is 13.4. The van der Waals surface area contributed by atoms with Gasteiger partial charge in [0.25, 0.3) is 10.0 Å². The molecule has 3 aromatic carbocycles. The second kappa shape index (κ2) is 11.3. The number of halogens is 4. The molecule has 0 saturated heterocycles. The molecule has 0 aliphatic rings. The number of aromatic nitrogens is 4. The van der Waals surface area contributed by atoms with E-state index < -0.39 is 44.0 Å². The fraction of sp³-hybridized carbons (Fsp3) is 0.0645. The van der Waals surface area contributed by atoms with E-state index >= 15 is 0 Å². The number of ether oxygens (including phenoxy) is 1. The first-order valence-corrected chi connectivity index (χ1v) is 14.9. The van der Waals surface area contributed by atoms with E-state index in [9.17, 15) is 30.8 Å². The number of anilines is 2. The van der Waals surface area contributed by atoms with E-state index in [1.54, 1.807) is 32.0 Å². The number of rotatable bonds is 8. The van der Waals surface area contributed by atoms with Gasteiger partial charge in [0.15, 0.2) is 16.5 Å². The molecule has 0 bridgehead atoms. The van der Waals surface area contributed by atoms with Gasteiger partial charge < -0.3 is 15.5 Å². The fourth-order valence-corrected chi connectivity index (χ4v) is 6.06. The lowest BCUT2D eigenvalue weighted by Gasteiger charge is -2.12. The lowest BCUT2D eigenvalue weighted by Crippen LogP contribution is -2.17. The highest BCUT2D eigenvalue weighted by molar-refractivity contribution is 7.92. The van der Waals surface area contributed by atoms with E-state index in [2.05, 4.69) is 19.8 Å². The number of hydrogen-bond acceptors (Lipinski definition) is 7. The predicted molar refractivity (Wildman–Crippen MR) is 161 cm³/mol. The van der Waals surface area contributed by atoms with E-state index in [-0.39, 0.29) is 46.5 Å². The summed E-state index contributed by atoms with van der Waals surface area (Å²) in [5.74, 6) is -5.38. The van der Waals surface area contributed by atoms with Crippen LogP contribution in [0.1, 0.15) is 27.2 Å². The standard InChI is InChI=1S/C31H22F4N6O4S/c1-15-7-17-9-25(39-24(17)12-23(15)40-46(43,44)30-21(34)10-18(32)11-22(30)35)29(42)19-13-38-41(31(19)36)26-14-37-28(8-16(26)2)45-27-6-4-3-5-20(27)33/h3-14,39-40H,36H2,1-2H3. The maximum atomic E-state index is 14.2. The number of fused-ring (bicyclic) bond motifs is 1. The van der Waals surface area contributed by atoms with Crippen LogP contribution in [0.5, 0.6) is 11.6 Å². The highest BCUT2D eigenvalue weighted by Gasteiger charge is 2.27. The molecule has 0 fully saturated rings. The molecule has 3 aromatic heterocycles. The Balaban J connectivity index is 1.26. The molecule has 6 rings (SSSR count). The van der Waals surface area contributed by atoms with Crippen LogP contribution >= 0.6 is 0 Å². The Kier molecular flexibility index (Phi) is 7.48. The normalized spacial score (nSPS) is 11.6. The van der Waals surface area contributed by atoms with Gasteiger partial charge in [0.05, 0.1) is 35.0 Å². The Labute approximate surface area is 258 Å². The zero-order valence-electron chi connectivity index (χ0n) is 23.9. The molecule has 4 N–H and O–H groups in total. The molecule has 0 spiro atoms. The lowest BCUT2D eigenvalue weighted by molar-refractivity contribution is 0.103. The predicted octanol–water partition coefficient (Wildman–Crippen LogP) is 6.33. The quantitative estimate of drug-likeness (QED) is 0.129. The van der Waals surface area contributed by atoms with Crippen molar-refractivity contribution in [2.75, 3.05) is 10.5 Å². The summed E-state index contributed by atoms with van der Waals surface area (Å²) in [4.78, 5) is 19.3. The summed E-state index contributed by atoms with van der Waals surface area (Å²) in [6, 6.07) is 12.4. The van der Waals surface area contributed by atoms with E-state index in [1.807, 2.05) is 0 Å². The van der Waals surface area contributed by atoms with Gasteiger partial charge in [0.2, 0.25) is 11.7 Å². The topological polar surface area (TPSA) is 145 Å². The molecule has 0 atom stereocenters. The average molecular weight is 651 g/mol. The Morgan fingerprint density at radius 1 is 0.935 bits per heavy atom.